The molecule has 7 heteroatoms. The minimum atomic E-state index is -3.24. The van der Waals surface area contributed by atoms with E-state index >= 15 is 0 Å². The van der Waals surface area contributed by atoms with Gasteiger partial charge in [0, 0.05) is 12.6 Å². The van der Waals surface area contributed by atoms with E-state index in [2.05, 4.69) is 4.72 Å². The van der Waals surface area contributed by atoms with Crippen molar-refractivity contribution < 1.29 is 13.2 Å². The highest BCUT2D eigenvalue weighted by Crippen LogP contribution is 2.24. The molecule has 0 spiro atoms. The minimum absolute atomic E-state index is 0. The summed E-state index contributed by atoms with van der Waals surface area (Å²) >= 11 is 0. The molecule has 0 radical (unpaired) electrons. The highest BCUT2D eigenvalue weighted by Gasteiger charge is 2.30. The van der Waals surface area contributed by atoms with E-state index < -0.39 is 10.0 Å². The Bertz CT molecular complexity index is 358. The van der Waals surface area contributed by atoms with Gasteiger partial charge in [0.05, 0.1) is 11.9 Å². The molecule has 19 heavy (non-hydrogen) atoms. The van der Waals surface area contributed by atoms with Crippen LogP contribution in [0.3, 0.4) is 0 Å². The number of sulfonamides is 1. The van der Waals surface area contributed by atoms with Gasteiger partial charge in [-0.05, 0) is 38.1 Å². The normalized spacial score (nSPS) is 31.9. The smallest absolute Gasteiger partial charge is 0.214 e. The Balaban J connectivity index is 0.00000180. The fraction of sp³-hybridized carbons (Fsp3) is 1.00. The Kier molecular flexibility index (Phi) is 7.04. The molecular weight excluding hydrogens is 288 g/mol. The zero-order valence-corrected chi connectivity index (χ0v) is 12.8. The Hall–Kier alpha value is 0.120. The van der Waals surface area contributed by atoms with Crippen molar-refractivity contribution in [3.8, 4) is 0 Å². The van der Waals surface area contributed by atoms with Crippen molar-refractivity contribution in [3.63, 3.8) is 0 Å². The second kappa shape index (κ2) is 7.78. The fourth-order valence-corrected chi connectivity index (χ4v) is 4.56. The van der Waals surface area contributed by atoms with Gasteiger partial charge in [0.2, 0.25) is 10.0 Å². The van der Waals surface area contributed by atoms with Gasteiger partial charge in [0.25, 0.3) is 0 Å². The van der Waals surface area contributed by atoms with Crippen molar-refractivity contribution in [1.82, 2.24) is 4.72 Å². The standard InChI is InChI=1S/C12H24N2O3S.ClH/c13-8-10-4-1-2-6-12(10)14-18(15,16)9-11-5-3-7-17-11;/h10-12,14H,1-9,13H2;1H. The summed E-state index contributed by atoms with van der Waals surface area (Å²) in [7, 11) is -3.24. The van der Waals surface area contributed by atoms with E-state index in [9.17, 15) is 8.42 Å². The summed E-state index contributed by atoms with van der Waals surface area (Å²) in [5.74, 6) is 0.388. The van der Waals surface area contributed by atoms with Gasteiger partial charge in [0.15, 0.2) is 0 Å². The van der Waals surface area contributed by atoms with Crippen LogP contribution in [-0.2, 0) is 14.8 Å². The van der Waals surface area contributed by atoms with Gasteiger partial charge in [-0.2, -0.15) is 0 Å². The lowest BCUT2D eigenvalue weighted by Gasteiger charge is -2.31. The highest BCUT2D eigenvalue weighted by atomic mass is 35.5. The molecular formula is C12H25ClN2O3S. The Labute approximate surface area is 122 Å². The Morgan fingerprint density at radius 1 is 1.16 bits per heavy atom. The zero-order valence-electron chi connectivity index (χ0n) is 11.2. The summed E-state index contributed by atoms with van der Waals surface area (Å²) in [4.78, 5) is 0. The molecule has 2 fully saturated rings. The summed E-state index contributed by atoms with van der Waals surface area (Å²) in [6.45, 7) is 1.25. The Morgan fingerprint density at radius 3 is 2.53 bits per heavy atom. The molecule has 114 valence electrons. The van der Waals surface area contributed by atoms with Gasteiger partial charge in [0.1, 0.15) is 0 Å². The lowest BCUT2D eigenvalue weighted by atomic mass is 9.85. The van der Waals surface area contributed by atoms with E-state index in [1.165, 1.54) is 0 Å². The van der Waals surface area contributed by atoms with Crippen LogP contribution in [-0.4, -0.2) is 39.5 Å². The molecule has 3 unspecified atom stereocenters. The molecule has 0 amide bonds. The van der Waals surface area contributed by atoms with Crippen LogP contribution in [0.1, 0.15) is 38.5 Å². The number of nitrogens with one attached hydrogen (secondary N) is 1. The quantitative estimate of drug-likeness (QED) is 0.794. The van der Waals surface area contributed by atoms with Crippen LogP contribution in [0, 0.1) is 5.92 Å². The third-order valence-electron chi connectivity index (χ3n) is 3.97. The van der Waals surface area contributed by atoms with Gasteiger partial charge in [-0.15, -0.1) is 12.4 Å². The van der Waals surface area contributed by atoms with Crippen LogP contribution in [0.25, 0.3) is 0 Å². The number of ether oxygens (including phenoxy) is 1. The maximum Gasteiger partial charge on any atom is 0.214 e. The van der Waals surface area contributed by atoms with E-state index in [0.717, 1.165) is 38.5 Å². The largest absolute Gasteiger partial charge is 0.377 e. The van der Waals surface area contributed by atoms with Crippen molar-refractivity contribution in [2.75, 3.05) is 18.9 Å². The molecule has 2 aliphatic rings. The first-order valence-corrected chi connectivity index (χ1v) is 8.57. The topological polar surface area (TPSA) is 81.4 Å². The molecule has 1 saturated heterocycles. The molecule has 0 bridgehead atoms. The van der Waals surface area contributed by atoms with Crippen molar-refractivity contribution in [1.29, 1.82) is 0 Å². The van der Waals surface area contributed by atoms with E-state index in [4.69, 9.17) is 10.5 Å². The first-order valence-electron chi connectivity index (χ1n) is 6.92. The third kappa shape index (κ3) is 5.19. The predicted octanol–water partition coefficient (Wildman–Crippen LogP) is 1.02. The molecule has 1 saturated carbocycles. The van der Waals surface area contributed by atoms with E-state index in [0.29, 0.717) is 13.2 Å². The van der Waals surface area contributed by atoms with E-state index in [1.54, 1.807) is 0 Å². The van der Waals surface area contributed by atoms with Gasteiger partial charge in [-0.25, -0.2) is 13.1 Å². The lowest BCUT2D eigenvalue weighted by molar-refractivity contribution is 0.127. The number of rotatable bonds is 5. The van der Waals surface area contributed by atoms with Gasteiger partial charge in [-0.1, -0.05) is 12.8 Å². The first kappa shape index (κ1) is 17.2. The van der Waals surface area contributed by atoms with E-state index in [1.807, 2.05) is 0 Å². The maximum absolute atomic E-state index is 12.1. The van der Waals surface area contributed by atoms with Crippen LogP contribution >= 0.6 is 12.4 Å². The number of halogens is 1. The molecule has 2 rings (SSSR count). The molecule has 0 aromatic carbocycles. The van der Waals surface area contributed by atoms with Gasteiger partial charge >= 0.3 is 0 Å². The zero-order chi connectivity index (χ0) is 13.0. The average molecular weight is 313 g/mol. The van der Waals surface area contributed by atoms with Crippen molar-refractivity contribution in [2.24, 2.45) is 11.7 Å². The second-order valence-corrected chi connectivity index (χ2v) is 7.22. The molecule has 0 aromatic rings. The highest BCUT2D eigenvalue weighted by molar-refractivity contribution is 7.89. The summed E-state index contributed by atoms with van der Waals surface area (Å²) < 4.78 is 32.4. The summed E-state index contributed by atoms with van der Waals surface area (Å²) in [6, 6.07) is 0.0233. The maximum atomic E-state index is 12.1. The van der Waals surface area contributed by atoms with Crippen LogP contribution in [0.5, 0.6) is 0 Å². The molecule has 1 heterocycles. The predicted molar refractivity (Wildman–Crippen MR) is 77.9 cm³/mol. The van der Waals surface area contributed by atoms with Gasteiger partial charge in [-0.3, -0.25) is 0 Å². The third-order valence-corrected chi connectivity index (χ3v) is 5.44. The van der Waals surface area contributed by atoms with Crippen LogP contribution in [0.15, 0.2) is 0 Å². The molecule has 3 N–H and O–H groups in total. The van der Waals surface area contributed by atoms with Crippen LogP contribution in [0.4, 0.5) is 0 Å². The minimum Gasteiger partial charge on any atom is -0.377 e. The second-order valence-electron chi connectivity index (χ2n) is 5.42. The monoisotopic (exact) mass is 312 g/mol. The Morgan fingerprint density at radius 2 is 1.89 bits per heavy atom. The number of hydrogen-bond donors (Lipinski definition) is 2. The summed E-state index contributed by atoms with van der Waals surface area (Å²) in [6.07, 6.45) is 5.88. The summed E-state index contributed by atoms with van der Waals surface area (Å²) in [5, 5.41) is 0. The van der Waals surface area contributed by atoms with Crippen LogP contribution in [0.2, 0.25) is 0 Å². The molecule has 0 aromatic heterocycles. The van der Waals surface area contributed by atoms with Crippen molar-refractivity contribution in [2.45, 2.75) is 50.7 Å². The summed E-state index contributed by atoms with van der Waals surface area (Å²) in [5.41, 5.74) is 5.72. The molecule has 1 aliphatic carbocycles. The molecule has 3 atom stereocenters. The molecule has 5 nitrogen and oxygen atoms in total. The van der Waals surface area contributed by atoms with Crippen LogP contribution < -0.4 is 10.5 Å². The SMILES string of the molecule is Cl.NCC1CCCCC1NS(=O)(=O)CC1CCCO1. The van der Waals surface area contributed by atoms with Gasteiger partial charge < -0.3 is 10.5 Å². The number of hydrogen-bond acceptors (Lipinski definition) is 4. The van der Waals surface area contributed by atoms with Crippen molar-refractivity contribution in [3.05, 3.63) is 0 Å². The average Bonchev–Trinajstić information content (AvgIpc) is 2.81. The van der Waals surface area contributed by atoms with Crippen molar-refractivity contribution >= 4 is 22.4 Å². The fourth-order valence-electron chi connectivity index (χ4n) is 2.94. The molecule has 1 aliphatic heterocycles. The first-order chi connectivity index (χ1) is 8.61. The van der Waals surface area contributed by atoms with E-state index in [-0.39, 0.29) is 36.2 Å². The number of nitrogens with two attached hydrogens (primary N) is 1. The lowest BCUT2D eigenvalue weighted by Crippen LogP contribution is -2.46.